The van der Waals surface area contributed by atoms with Crippen LogP contribution < -0.4 is 11.3 Å². The highest BCUT2D eigenvalue weighted by Gasteiger charge is 2.45. The number of aromatic hydroxyl groups is 1. The van der Waals surface area contributed by atoms with E-state index in [1.807, 2.05) is 0 Å². The summed E-state index contributed by atoms with van der Waals surface area (Å²) in [7, 11) is 0. The largest absolute Gasteiger partial charge is 0.507 e. The van der Waals surface area contributed by atoms with Gasteiger partial charge in [-0.05, 0) is 36.6 Å². The van der Waals surface area contributed by atoms with E-state index in [-0.39, 0.29) is 61.6 Å². The number of phenols is 1. The number of aromatic nitrogens is 2. The molecule has 2 aliphatic rings. The number of aryl methyl sites for hydroxylation is 1. The molecule has 0 radical (unpaired) electrons. The molecule has 4 N–H and O–H groups in total. The number of phenolic OH excluding ortho intramolecular Hbond substituents is 1. The van der Waals surface area contributed by atoms with Crippen molar-refractivity contribution in [3.63, 3.8) is 0 Å². The minimum atomic E-state index is -1.89. The second-order valence-corrected chi connectivity index (χ2v) is 8.42. The number of ether oxygens (including phenoxy) is 2. The summed E-state index contributed by atoms with van der Waals surface area (Å²) in [6.45, 7) is 1.48. The van der Waals surface area contributed by atoms with E-state index in [4.69, 9.17) is 15.2 Å². The summed E-state index contributed by atoms with van der Waals surface area (Å²) in [5.74, 6) is -1.22. The van der Waals surface area contributed by atoms with Crippen molar-refractivity contribution in [1.82, 2.24) is 9.55 Å². The highest BCUT2D eigenvalue weighted by atomic mass is 16.6. The van der Waals surface area contributed by atoms with Gasteiger partial charge in [0.25, 0.3) is 5.56 Å². The van der Waals surface area contributed by atoms with Crippen LogP contribution in [0.3, 0.4) is 0 Å². The lowest BCUT2D eigenvalue weighted by Crippen LogP contribution is -2.44. The molecule has 10 nitrogen and oxygen atoms in total. The van der Waals surface area contributed by atoms with Crippen LogP contribution in [0.5, 0.6) is 5.75 Å². The number of esters is 2. The maximum Gasteiger partial charge on any atom is 0.343 e. The van der Waals surface area contributed by atoms with Crippen molar-refractivity contribution >= 4 is 22.8 Å². The van der Waals surface area contributed by atoms with Gasteiger partial charge in [-0.25, -0.2) is 9.78 Å². The highest BCUT2D eigenvalue weighted by molar-refractivity contribution is 5.90. The zero-order valence-electron chi connectivity index (χ0n) is 18.5. The Labute approximate surface area is 193 Å². The lowest BCUT2D eigenvalue weighted by molar-refractivity contribution is -0.172. The molecule has 0 saturated carbocycles. The number of pyridine rings is 2. The standard InChI is InChI=1S/C24H23N3O7/c1-2-24(32)16-8-18-20-13(9-27(18)22(30)15(16)10-33-23(24)31)7-14-17(26-20)5-3-12(21(14)29)4-6-19(28)34-11-25/h3,5,7-8,29,32H,2,4,6,9-11,25H2,1H3/t24-/m0/s1. The average molecular weight is 465 g/mol. The van der Waals surface area contributed by atoms with Crippen LogP contribution in [-0.4, -0.2) is 38.4 Å². The summed E-state index contributed by atoms with van der Waals surface area (Å²) < 4.78 is 11.4. The molecule has 2 aromatic heterocycles. The highest BCUT2D eigenvalue weighted by Crippen LogP contribution is 2.40. The third-order valence-electron chi connectivity index (χ3n) is 6.59. The Morgan fingerprint density at radius 2 is 2.12 bits per heavy atom. The molecule has 0 fully saturated rings. The van der Waals surface area contributed by atoms with Crippen LogP contribution in [0.25, 0.3) is 22.3 Å². The Balaban J connectivity index is 1.59. The van der Waals surface area contributed by atoms with E-state index in [0.29, 0.717) is 33.4 Å². The second-order valence-electron chi connectivity index (χ2n) is 8.42. The molecule has 2 aliphatic heterocycles. The number of hydrogen-bond donors (Lipinski definition) is 3. The molecule has 3 aromatic rings. The van der Waals surface area contributed by atoms with Gasteiger partial charge < -0.3 is 24.3 Å². The first-order valence-corrected chi connectivity index (χ1v) is 11.0. The van der Waals surface area contributed by atoms with Crippen LogP contribution in [0.2, 0.25) is 0 Å². The SMILES string of the molecule is CC[C@@]1(O)C(=O)OCc2c1cc1n(c2=O)Cc2cc3c(O)c(CCC(=O)OCN)ccc3nc2-1. The first kappa shape index (κ1) is 22.1. The fourth-order valence-electron chi connectivity index (χ4n) is 4.69. The minimum absolute atomic E-state index is 0.00954. The van der Waals surface area contributed by atoms with E-state index in [0.717, 1.165) is 0 Å². The Morgan fingerprint density at radius 1 is 1.32 bits per heavy atom. The lowest BCUT2D eigenvalue weighted by Gasteiger charge is -2.31. The van der Waals surface area contributed by atoms with Gasteiger partial charge in [0.05, 0.1) is 29.0 Å². The Morgan fingerprint density at radius 3 is 2.85 bits per heavy atom. The van der Waals surface area contributed by atoms with Gasteiger partial charge in [-0.2, -0.15) is 0 Å². The molecule has 5 rings (SSSR count). The fourth-order valence-corrected chi connectivity index (χ4v) is 4.69. The van der Waals surface area contributed by atoms with Crippen molar-refractivity contribution in [2.75, 3.05) is 6.73 Å². The van der Waals surface area contributed by atoms with Crippen molar-refractivity contribution < 1.29 is 29.3 Å². The van der Waals surface area contributed by atoms with Crippen molar-refractivity contribution in [2.24, 2.45) is 5.73 Å². The third-order valence-corrected chi connectivity index (χ3v) is 6.59. The maximum absolute atomic E-state index is 13.2. The van der Waals surface area contributed by atoms with E-state index in [2.05, 4.69) is 4.98 Å². The molecule has 10 heteroatoms. The van der Waals surface area contributed by atoms with Gasteiger partial charge in [-0.3, -0.25) is 15.3 Å². The molecule has 176 valence electrons. The first-order valence-electron chi connectivity index (χ1n) is 11.0. The number of aliphatic hydroxyl groups is 1. The summed E-state index contributed by atoms with van der Waals surface area (Å²) in [5, 5.41) is 22.3. The predicted molar refractivity (Wildman–Crippen MR) is 120 cm³/mol. The normalized spacial score (nSPS) is 18.3. The van der Waals surface area contributed by atoms with Crippen molar-refractivity contribution in [1.29, 1.82) is 0 Å². The van der Waals surface area contributed by atoms with Gasteiger partial charge in [-0.15, -0.1) is 0 Å². The molecule has 0 amide bonds. The van der Waals surface area contributed by atoms with Gasteiger partial charge in [0.1, 0.15) is 19.1 Å². The van der Waals surface area contributed by atoms with Crippen LogP contribution in [0, 0.1) is 0 Å². The number of rotatable bonds is 5. The summed E-state index contributed by atoms with van der Waals surface area (Å²) in [6, 6.07) is 6.84. The van der Waals surface area contributed by atoms with Gasteiger partial charge in [0.15, 0.2) is 5.60 Å². The summed E-state index contributed by atoms with van der Waals surface area (Å²) in [4.78, 5) is 41.8. The van der Waals surface area contributed by atoms with Crippen LogP contribution >= 0.6 is 0 Å². The van der Waals surface area contributed by atoms with Gasteiger partial charge in [0, 0.05) is 22.9 Å². The number of nitrogens with zero attached hydrogens (tertiary/aromatic N) is 2. The summed E-state index contributed by atoms with van der Waals surface area (Å²) in [5.41, 5.74) is 6.30. The monoisotopic (exact) mass is 465 g/mol. The predicted octanol–water partition coefficient (Wildman–Crippen LogP) is 1.18. The zero-order valence-corrected chi connectivity index (χ0v) is 18.5. The quantitative estimate of drug-likeness (QED) is 0.291. The Kier molecular flexibility index (Phi) is 5.14. The van der Waals surface area contributed by atoms with E-state index in [9.17, 15) is 24.6 Å². The molecule has 0 unspecified atom stereocenters. The number of benzene rings is 1. The van der Waals surface area contributed by atoms with E-state index >= 15 is 0 Å². The molecular weight excluding hydrogens is 442 g/mol. The topological polar surface area (TPSA) is 154 Å². The molecule has 0 spiro atoms. The molecule has 34 heavy (non-hydrogen) atoms. The van der Waals surface area contributed by atoms with Crippen molar-refractivity contribution in [2.45, 2.75) is 44.9 Å². The molecule has 1 atom stereocenters. The van der Waals surface area contributed by atoms with Crippen LogP contribution in [-0.2, 0) is 44.2 Å². The van der Waals surface area contributed by atoms with Crippen molar-refractivity contribution in [3.8, 4) is 17.1 Å². The summed E-state index contributed by atoms with van der Waals surface area (Å²) in [6.07, 6.45) is 0.408. The third kappa shape index (κ3) is 3.17. The van der Waals surface area contributed by atoms with Crippen LogP contribution in [0.15, 0.2) is 29.1 Å². The molecule has 0 aliphatic carbocycles. The fraction of sp³-hybridized carbons (Fsp3) is 0.333. The number of nitrogens with two attached hydrogens (primary N) is 1. The molecular formula is C24H23N3O7. The maximum atomic E-state index is 13.2. The van der Waals surface area contributed by atoms with Crippen LogP contribution in [0.4, 0.5) is 0 Å². The van der Waals surface area contributed by atoms with Crippen molar-refractivity contribution in [3.05, 3.63) is 56.9 Å². The Hall–Kier alpha value is -3.76. The van der Waals surface area contributed by atoms with E-state index in [1.165, 1.54) is 4.57 Å². The number of hydrogen-bond acceptors (Lipinski definition) is 9. The smallest absolute Gasteiger partial charge is 0.343 e. The number of carbonyl (C=O) groups excluding carboxylic acids is 2. The summed E-state index contributed by atoms with van der Waals surface area (Å²) >= 11 is 0. The number of fused-ring (bicyclic) bond motifs is 5. The van der Waals surface area contributed by atoms with Gasteiger partial charge in [0.2, 0.25) is 0 Å². The van der Waals surface area contributed by atoms with E-state index in [1.54, 1.807) is 31.2 Å². The Bertz CT molecular complexity index is 1430. The molecule has 4 heterocycles. The zero-order chi connectivity index (χ0) is 24.2. The molecule has 0 saturated heterocycles. The molecule has 1 aromatic carbocycles. The average Bonchev–Trinajstić information content (AvgIpc) is 3.18. The second kappa shape index (κ2) is 7.93. The van der Waals surface area contributed by atoms with E-state index < -0.39 is 17.5 Å². The minimum Gasteiger partial charge on any atom is -0.507 e. The molecule has 0 bridgehead atoms. The van der Waals surface area contributed by atoms with Gasteiger partial charge in [-0.1, -0.05) is 13.0 Å². The van der Waals surface area contributed by atoms with Crippen LogP contribution in [0.1, 0.15) is 42.0 Å². The lowest BCUT2D eigenvalue weighted by atomic mass is 9.86. The number of carbonyl (C=O) groups is 2. The van der Waals surface area contributed by atoms with Gasteiger partial charge >= 0.3 is 11.9 Å². The first-order chi connectivity index (χ1) is 16.3. The number of cyclic esters (lactones) is 1.